The second-order valence-corrected chi connectivity index (χ2v) is 8.84. The molecule has 4 aromatic rings. The molecule has 10 heteroatoms. The van der Waals surface area contributed by atoms with Crippen molar-refractivity contribution >= 4 is 50.3 Å². The third-order valence-electron chi connectivity index (χ3n) is 6.05. The number of carboxylic acids is 2. The molecule has 1 saturated heterocycles. The summed E-state index contributed by atoms with van der Waals surface area (Å²) in [7, 11) is 0. The molecule has 2 N–H and O–H groups in total. The summed E-state index contributed by atoms with van der Waals surface area (Å²) in [6.07, 6.45) is 1.53. The molecular formula is C23H21FN4O4S. The monoisotopic (exact) mass is 468 g/mol. The highest BCUT2D eigenvalue weighted by molar-refractivity contribution is 7.13. The Morgan fingerprint density at radius 3 is 2.55 bits per heavy atom. The molecule has 1 unspecified atom stereocenters. The fraction of sp³-hybridized carbons (Fsp3) is 0.261. The van der Waals surface area contributed by atoms with Gasteiger partial charge in [-0.25, -0.2) is 4.39 Å². The highest BCUT2D eigenvalue weighted by Crippen LogP contribution is 2.34. The van der Waals surface area contributed by atoms with Gasteiger partial charge in [-0.15, -0.1) is 0 Å². The highest BCUT2D eigenvalue weighted by atomic mass is 32.1. The van der Waals surface area contributed by atoms with E-state index in [1.165, 1.54) is 40.5 Å². The number of hydrogen-bond acceptors (Lipinski definition) is 6. The molecule has 0 saturated carbocycles. The molecule has 8 nitrogen and oxygen atoms in total. The minimum Gasteiger partial charge on any atom is -0.480 e. The van der Waals surface area contributed by atoms with Gasteiger partial charge in [-0.2, -0.15) is 4.37 Å². The first kappa shape index (κ1) is 21.4. The molecule has 1 fully saturated rings. The van der Waals surface area contributed by atoms with Crippen LogP contribution >= 0.6 is 11.5 Å². The summed E-state index contributed by atoms with van der Waals surface area (Å²) >= 11 is 1.45. The molecule has 2 aromatic carbocycles. The van der Waals surface area contributed by atoms with Crippen LogP contribution in [0, 0.1) is 5.82 Å². The SMILES string of the molecule is O=C(O)Cn1cc(C(C(=O)O)N2CCN(c3nsc4ccccc34)CC2)c2ccc(F)cc21. The Balaban J connectivity index is 1.44. The molecule has 0 radical (unpaired) electrons. The molecule has 170 valence electrons. The van der Waals surface area contributed by atoms with Crippen molar-refractivity contribution in [3.8, 4) is 0 Å². The van der Waals surface area contributed by atoms with E-state index in [4.69, 9.17) is 0 Å². The molecule has 1 aliphatic heterocycles. The lowest BCUT2D eigenvalue weighted by Crippen LogP contribution is -2.49. The molecule has 1 aliphatic rings. The van der Waals surface area contributed by atoms with Gasteiger partial charge in [0.05, 0.1) is 10.2 Å². The van der Waals surface area contributed by atoms with Gasteiger partial charge in [0.25, 0.3) is 0 Å². The molecule has 1 atom stereocenters. The van der Waals surface area contributed by atoms with Gasteiger partial charge in [-0.05, 0) is 41.9 Å². The van der Waals surface area contributed by atoms with Gasteiger partial charge in [0.15, 0.2) is 0 Å². The normalized spacial score (nSPS) is 15.8. The minimum atomic E-state index is -1.08. The smallest absolute Gasteiger partial charge is 0.325 e. The van der Waals surface area contributed by atoms with Gasteiger partial charge < -0.3 is 19.7 Å². The van der Waals surface area contributed by atoms with E-state index < -0.39 is 23.8 Å². The lowest BCUT2D eigenvalue weighted by atomic mass is 10.0. The van der Waals surface area contributed by atoms with Gasteiger partial charge in [0, 0.05) is 48.7 Å². The maximum absolute atomic E-state index is 13.9. The summed E-state index contributed by atoms with van der Waals surface area (Å²) in [6.45, 7) is 1.84. The summed E-state index contributed by atoms with van der Waals surface area (Å²) in [5.74, 6) is -1.70. The molecule has 5 rings (SSSR count). The Hall–Kier alpha value is -3.50. The van der Waals surface area contributed by atoms with Crippen molar-refractivity contribution in [2.75, 3.05) is 31.1 Å². The molecule has 2 aromatic heterocycles. The first-order valence-corrected chi connectivity index (χ1v) is 11.3. The Bertz CT molecular complexity index is 1360. The molecule has 0 amide bonds. The largest absolute Gasteiger partial charge is 0.480 e. The van der Waals surface area contributed by atoms with Crippen LogP contribution < -0.4 is 4.90 Å². The van der Waals surface area contributed by atoms with Crippen LogP contribution in [0.15, 0.2) is 48.7 Å². The molecule has 0 bridgehead atoms. The topological polar surface area (TPSA) is 98.9 Å². The Morgan fingerprint density at radius 1 is 1.06 bits per heavy atom. The van der Waals surface area contributed by atoms with Crippen LogP contribution in [-0.2, 0) is 16.1 Å². The van der Waals surface area contributed by atoms with E-state index in [1.807, 2.05) is 29.2 Å². The van der Waals surface area contributed by atoms with Crippen LogP contribution in [0.5, 0.6) is 0 Å². The maximum Gasteiger partial charge on any atom is 0.325 e. The highest BCUT2D eigenvalue weighted by Gasteiger charge is 2.33. The van der Waals surface area contributed by atoms with Crippen molar-refractivity contribution in [1.82, 2.24) is 13.8 Å². The summed E-state index contributed by atoms with van der Waals surface area (Å²) in [6, 6.07) is 11.1. The van der Waals surface area contributed by atoms with Crippen LogP contribution in [0.3, 0.4) is 0 Å². The van der Waals surface area contributed by atoms with E-state index in [1.54, 1.807) is 0 Å². The van der Waals surface area contributed by atoms with E-state index >= 15 is 0 Å². The number of nitrogens with zero attached hydrogens (tertiary/aromatic N) is 4. The molecule has 0 aliphatic carbocycles. The lowest BCUT2D eigenvalue weighted by Gasteiger charge is -2.38. The first-order chi connectivity index (χ1) is 15.9. The zero-order chi connectivity index (χ0) is 23.1. The number of fused-ring (bicyclic) bond motifs is 2. The van der Waals surface area contributed by atoms with Crippen molar-refractivity contribution in [3.05, 3.63) is 60.0 Å². The molecule has 0 spiro atoms. The van der Waals surface area contributed by atoms with Gasteiger partial charge in [-0.1, -0.05) is 12.1 Å². The quantitative estimate of drug-likeness (QED) is 0.447. The Morgan fingerprint density at radius 2 is 1.82 bits per heavy atom. The third-order valence-corrected chi connectivity index (χ3v) is 6.86. The number of carboxylic acid groups (broad SMARTS) is 2. The zero-order valence-electron chi connectivity index (χ0n) is 17.5. The minimum absolute atomic E-state index is 0.367. The van der Waals surface area contributed by atoms with Crippen molar-refractivity contribution in [3.63, 3.8) is 0 Å². The van der Waals surface area contributed by atoms with Gasteiger partial charge in [0.1, 0.15) is 24.2 Å². The summed E-state index contributed by atoms with van der Waals surface area (Å²) in [5.41, 5.74) is 0.831. The third kappa shape index (κ3) is 3.91. The fourth-order valence-electron chi connectivity index (χ4n) is 4.57. The average molecular weight is 469 g/mol. The van der Waals surface area contributed by atoms with Crippen LogP contribution in [0.1, 0.15) is 11.6 Å². The summed E-state index contributed by atoms with van der Waals surface area (Å²) < 4.78 is 21.0. The van der Waals surface area contributed by atoms with Crippen molar-refractivity contribution < 1.29 is 24.2 Å². The predicted octanol–water partition coefficient (Wildman–Crippen LogP) is 3.42. The number of anilines is 1. The van der Waals surface area contributed by atoms with Crippen molar-refractivity contribution in [2.45, 2.75) is 12.6 Å². The van der Waals surface area contributed by atoms with E-state index in [0.29, 0.717) is 42.6 Å². The van der Waals surface area contributed by atoms with E-state index in [0.717, 1.165) is 15.9 Å². The standard InChI is InChI=1S/C23H21FN4O4S/c24-14-5-6-15-17(12-28(13-20(29)30)18(15)11-14)21(23(31)32)26-7-9-27(10-8-26)22-16-3-1-2-4-19(16)33-25-22/h1-6,11-12,21H,7-10,13H2,(H,29,30)(H,31,32). The second-order valence-electron chi connectivity index (χ2n) is 8.03. The van der Waals surface area contributed by atoms with Crippen LogP contribution in [0.25, 0.3) is 21.0 Å². The molecular weight excluding hydrogens is 447 g/mol. The number of hydrogen-bond donors (Lipinski definition) is 2. The number of piperazine rings is 1. The van der Waals surface area contributed by atoms with Crippen LogP contribution in [0.2, 0.25) is 0 Å². The van der Waals surface area contributed by atoms with E-state index in [9.17, 15) is 24.2 Å². The lowest BCUT2D eigenvalue weighted by molar-refractivity contribution is -0.143. The number of aliphatic carboxylic acids is 2. The number of halogens is 1. The number of carbonyl (C=O) groups is 2. The predicted molar refractivity (Wildman–Crippen MR) is 123 cm³/mol. The summed E-state index contributed by atoms with van der Waals surface area (Å²) in [4.78, 5) is 27.7. The van der Waals surface area contributed by atoms with Crippen molar-refractivity contribution in [1.29, 1.82) is 0 Å². The number of rotatable bonds is 6. The van der Waals surface area contributed by atoms with Crippen LogP contribution in [-0.4, -0.2) is 62.2 Å². The summed E-state index contributed by atoms with van der Waals surface area (Å²) in [5, 5.41) is 21.0. The second kappa shape index (κ2) is 8.45. The van der Waals surface area contributed by atoms with E-state index in [-0.39, 0.29) is 6.54 Å². The van der Waals surface area contributed by atoms with Gasteiger partial charge >= 0.3 is 11.9 Å². The Labute approximate surface area is 192 Å². The first-order valence-electron chi connectivity index (χ1n) is 10.5. The zero-order valence-corrected chi connectivity index (χ0v) is 18.3. The number of aromatic nitrogens is 2. The molecule has 33 heavy (non-hydrogen) atoms. The Kier molecular flexibility index (Phi) is 5.47. The van der Waals surface area contributed by atoms with E-state index in [2.05, 4.69) is 9.27 Å². The maximum atomic E-state index is 13.9. The van der Waals surface area contributed by atoms with Crippen LogP contribution in [0.4, 0.5) is 10.2 Å². The fourth-order valence-corrected chi connectivity index (χ4v) is 5.36. The molecule has 3 heterocycles. The van der Waals surface area contributed by atoms with Gasteiger partial charge in [0.2, 0.25) is 0 Å². The van der Waals surface area contributed by atoms with Gasteiger partial charge in [-0.3, -0.25) is 14.5 Å². The number of benzene rings is 2. The average Bonchev–Trinajstić information content (AvgIpc) is 3.36. The van der Waals surface area contributed by atoms with Crippen molar-refractivity contribution in [2.24, 2.45) is 0 Å².